The number of benzene rings is 1. The molecule has 0 atom stereocenters. The molecule has 0 fully saturated rings. The highest BCUT2D eigenvalue weighted by molar-refractivity contribution is 9.10. The van der Waals surface area contributed by atoms with Crippen LogP contribution in [-0.4, -0.2) is 16.9 Å². The van der Waals surface area contributed by atoms with Gasteiger partial charge in [0.2, 0.25) is 0 Å². The highest BCUT2D eigenvalue weighted by Gasteiger charge is 2.10. The summed E-state index contributed by atoms with van der Waals surface area (Å²) in [6.07, 6.45) is 1.34. The number of aliphatic hydroxyl groups excluding tert-OH is 1. The molecule has 90 valence electrons. The van der Waals surface area contributed by atoms with Crippen LogP contribution in [0.4, 0.5) is 0 Å². The molecule has 0 spiro atoms. The Morgan fingerprint density at radius 2 is 2.18 bits per heavy atom. The minimum absolute atomic E-state index is 0.147. The first-order valence-electron chi connectivity index (χ1n) is 5.22. The second kappa shape index (κ2) is 5.67. The maximum absolute atomic E-state index is 8.74. The fraction of sp³-hybridized carbons (Fsp3) is 0.250. The van der Waals surface area contributed by atoms with Crippen LogP contribution in [0.15, 0.2) is 33.3 Å². The molecule has 1 heterocycles. The van der Waals surface area contributed by atoms with E-state index in [2.05, 4.69) is 21.1 Å². The summed E-state index contributed by atoms with van der Waals surface area (Å²) >= 11 is 9.49. The minimum Gasteiger partial charge on any atom is -0.396 e. The first-order chi connectivity index (χ1) is 8.20. The largest absolute Gasteiger partial charge is 0.396 e. The third-order valence-corrected chi connectivity index (χ3v) is 3.17. The van der Waals surface area contributed by atoms with Crippen molar-refractivity contribution in [1.29, 1.82) is 0 Å². The summed E-state index contributed by atoms with van der Waals surface area (Å²) in [4.78, 5) is 0. The highest BCUT2D eigenvalue weighted by atomic mass is 79.9. The molecule has 0 unspecified atom stereocenters. The number of hydrogen-bond donors (Lipinski definition) is 1. The molecule has 0 aliphatic rings. The smallest absolute Gasteiger partial charge is 0.137 e. The molecule has 2 rings (SSSR count). The van der Waals surface area contributed by atoms with Gasteiger partial charge >= 0.3 is 0 Å². The van der Waals surface area contributed by atoms with Crippen LogP contribution in [0.1, 0.15) is 12.2 Å². The molecule has 17 heavy (non-hydrogen) atoms. The van der Waals surface area contributed by atoms with Crippen LogP contribution >= 0.6 is 27.5 Å². The van der Waals surface area contributed by atoms with Crippen molar-refractivity contribution in [2.45, 2.75) is 12.8 Å². The molecule has 0 saturated carbocycles. The van der Waals surface area contributed by atoms with Gasteiger partial charge in [0, 0.05) is 29.1 Å². The van der Waals surface area contributed by atoms with Crippen molar-refractivity contribution >= 4 is 27.5 Å². The van der Waals surface area contributed by atoms with Gasteiger partial charge in [-0.25, -0.2) is 0 Å². The molecule has 1 aromatic carbocycles. The van der Waals surface area contributed by atoms with E-state index >= 15 is 0 Å². The Balaban J connectivity index is 2.27. The van der Waals surface area contributed by atoms with E-state index in [1.165, 1.54) is 0 Å². The molecule has 3 nitrogen and oxygen atoms in total. The van der Waals surface area contributed by atoms with Gasteiger partial charge in [-0.05, 0) is 24.6 Å². The van der Waals surface area contributed by atoms with Crippen molar-refractivity contribution in [1.82, 2.24) is 5.16 Å². The average Bonchev–Trinajstić information content (AvgIpc) is 2.78. The first kappa shape index (κ1) is 12.6. The number of aliphatic hydroxyl groups is 1. The molecule has 2 aromatic rings. The molecule has 0 aliphatic carbocycles. The van der Waals surface area contributed by atoms with E-state index in [1.54, 1.807) is 0 Å². The van der Waals surface area contributed by atoms with Crippen LogP contribution < -0.4 is 0 Å². The summed E-state index contributed by atoms with van der Waals surface area (Å²) in [5.41, 5.74) is 1.55. The number of hydrogen-bond acceptors (Lipinski definition) is 3. The summed E-state index contributed by atoms with van der Waals surface area (Å²) < 4.78 is 6.12. The Bertz CT molecular complexity index is 513. The van der Waals surface area contributed by atoms with E-state index in [4.69, 9.17) is 21.2 Å². The fourth-order valence-corrected chi connectivity index (χ4v) is 2.08. The lowest BCUT2D eigenvalue weighted by molar-refractivity contribution is 0.280. The standard InChI is InChI=1S/C12H11BrClNO2/c13-8-3-4-11(14)10(6-8)12-7-9(17-15-12)2-1-5-16/h3-4,6-7,16H,1-2,5H2. The van der Waals surface area contributed by atoms with Gasteiger partial charge in [0.25, 0.3) is 0 Å². The van der Waals surface area contributed by atoms with Crippen molar-refractivity contribution in [3.8, 4) is 11.3 Å². The van der Waals surface area contributed by atoms with E-state index in [1.807, 2.05) is 24.3 Å². The molecule has 0 amide bonds. The Labute approximate surface area is 113 Å². The summed E-state index contributed by atoms with van der Waals surface area (Å²) in [5, 5.41) is 13.4. The van der Waals surface area contributed by atoms with Gasteiger partial charge in [-0.3, -0.25) is 0 Å². The minimum atomic E-state index is 0.147. The van der Waals surface area contributed by atoms with E-state index in [0.29, 0.717) is 23.6 Å². The van der Waals surface area contributed by atoms with Gasteiger partial charge in [0.15, 0.2) is 0 Å². The predicted molar refractivity (Wildman–Crippen MR) is 70.1 cm³/mol. The second-order valence-electron chi connectivity index (χ2n) is 3.63. The average molecular weight is 317 g/mol. The van der Waals surface area contributed by atoms with E-state index in [0.717, 1.165) is 15.8 Å². The lowest BCUT2D eigenvalue weighted by Gasteiger charge is -1.99. The van der Waals surface area contributed by atoms with Crippen molar-refractivity contribution in [3.05, 3.63) is 39.5 Å². The zero-order chi connectivity index (χ0) is 12.3. The van der Waals surface area contributed by atoms with Crippen molar-refractivity contribution < 1.29 is 9.63 Å². The molecule has 5 heteroatoms. The van der Waals surface area contributed by atoms with Gasteiger partial charge in [-0.2, -0.15) is 0 Å². The predicted octanol–water partition coefficient (Wildman–Crippen LogP) is 3.68. The van der Waals surface area contributed by atoms with Crippen LogP contribution in [0.25, 0.3) is 11.3 Å². The molecule has 0 bridgehead atoms. The summed E-state index contributed by atoms with van der Waals surface area (Å²) in [5.74, 6) is 0.755. The van der Waals surface area contributed by atoms with Crippen LogP contribution in [0.3, 0.4) is 0 Å². The molecule has 1 aromatic heterocycles. The van der Waals surface area contributed by atoms with Gasteiger partial charge in [0.1, 0.15) is 11.5 Å². The van der Waals surface area contributed by atoms with Crippen LogP contribution in [0.2, 0.25) is 5.02 Å². The third kappa shape index (κ3) is 3.09. The summed E-state index contributed by atoms with van der Waals surface area (Å²) in [7, 11) is 0. The molecule has 0 saturated heterocycles. The Hall–Kier alpha value is -0.840. The number of aromatic nitrogens is 1. The van der Waals surface area contributed by atoms with Gasteiger partial charge < -0.3 is 9.63 Å². The topological polar surface area (TPSA) is 46.3 Å². The molecular formula is C12H11BrClNO2. The number of halogens is 2. The van der Waals surface area contributed by atoms with Gasteiger partial charge in [-0.1, -0.05) is 32.7 Å². The molecular weight excluding hydrogens is 305 g/mol. The Kier molecular flexibility index (Phi) is 4.20. The Morgan fingerprint density at radius 1 is 1.35 bits per heavy atom. The highest BCUT2D eigenvalue weighted by Crippen LogP contribution is 2.30. The summed E-state index contributed by atoms with van der Waals surface area (Å²) in [6, 6.07) is 7.43. The van der Waals surface area contributed by atoms with Gasteiger partial charge in [0.05, 0.1) is 5.02 Å². The normalized spacial score (nSPS) is 10.8. The van der Waals surface area contributed by atoms with Crippen LogP contribution in [0, 0.1) is 0 Å². The van der Waals surface area contributed by atoms with Crippen molar-refractivity contribution in [2.75, 3.05) is 6.61 Å². The fourth-order valence-electron chi connectivity index (χ4n) is 1.50. The lowest BCUT2D eigenvalue weighted by atomic mass is 10.1. The zero-order valence-corrected chi connectivity index (χ0v) is 11.3. The number of rotatable bonds is 4. The van der Waals surface area contributed by atoms with E-state index in [9.17, 15) is 0 Å². The lowest BCUT2D eigenvalue weighted by Crippen LogP contribution is -1.86. The number of aryl methyl sites for hydroxylation is 1. The SMILES string of the molecule is OCCCc1cc(-c2cc(Br)ccc2Cl)no1. The van der Waals surface area contributed by atoms with Gasteiger partial charge in [-0.15, -0.1) is 0 Å². The maximum atomic E-state index is 8.74. The summed E-state index contributed by atoms with van der Waals surface area (Å²) in [6.45, 7) is 0.147. The van der Waals surface area contributed by atoms with Crippen LogP contribution in [0.5, 0.6) is 0 Å². The van der Waals surface area contributed by atoms with Crippen molar-refractivity contribution in [3.63, 3.8) is 0 Å². The second-order valence-corrected chi connectivity index (χ2v) is 4.95. The monoisotopic (exact) mass is 315 g/mol. The van der Waals surface area contributed by atoms with Crippen LogP contribution in [-0.2, 0) is 6.42 Å². The third-order valence-electron chi connectivity index (χ3n) is 2.34. The molecule has 1 N–H and O–H groups in total. The van der Waals surface area contributed by atoms with E-state index in [-0.39, 0.29) is 6.61 Å². The van der Waals surface area contributed by atoms with E-state index < -0.39 is 0 Å². The quantitative estimate of drug-likeness (QED) is 0.936. The van der Waals surface area contributed by atoms with Crippen molar-refractivity contribution in [2.24, 2.45) is 0 Å². The Morgan fingerprint density at radius 3 is 2.94 bits per heavy atom. The molecule has 0 aliphatic heterocycles. The number of nitrogens with zero attached hydrogens (tertiary/aromatic N) is 1. The zero-order valence-electron chi connectivity index (χ0n) is 8.99. The molecule has 0 radical (unpaired) electrons. The first-order valence-corrected chi connectivity index (χ1v) is 6.39. The maximum Gasteiger partial charge on any atom is 0.137 e.